The summed E-state index contributed by atoms with van der Waals surface area (Å²) < 4.78 is 11.4. The van der Waals surface area contributed by atoms with E-state index in [1.54, 1.807) is 0 Å². The molecule has 0 amide bonds. The molecule has 106 valence electrons. The van der Waals surface area contributed by atoms with Crippen LogP contribution in [0.1, 0.15) is 33.3 Å². The second kappa shape index (κ2) is 6.38. The van der Waals surface area contributed by atoms with E-state index in [1.807, 2.05) is 18.2 Å². The Labute approximate surface area is 117 Å². The molecule has 0 bridgehead atoms. The lowest BCUT2D eigenvalue weighted by Crippen LogP contribution is -2.13. The molecule has 0 aliphatic heterocycles. The summed E-state index contributed by atoms with van der Waals surface area (Å²) in [6, 6.07) is 5.75. The molecule has 0 spiro atoms. The number of Topliss-reactive ketones (excluding diaryl/α,β-unsaturated/α-hetero) is 1. The molecule has 0 fully saturated rings. The molecule has 0 N–H and O–H groups in total. The average Bonchev–Trinajstić information content (AvgIpc) is 2.25. The van der Waals surface area contributed by atoms with Crippen LogP contribution in [0.15, 0.2) is 18.2 Å². The summed E-state index contributed by atoms with van der Waals surface area (Å²) in [4.78, 5) is 11.0. The highest BCUT2D eigenvalue weighted by molar-refractivity contribution is 7.51. The SMILES string of the molecule is CC(=O)COc1ccc(OP(C)C)c(C(C)(C)C)c1. The fourth-order valence-electron chi connectivity index (χ4n) is 1.65. The fourth-order valence-corrected chi connectivity index (χ4v) is 2.20. The summed E-state index contributed by atoms with van der Waals surface area (Å²) in [6.07, 6.45) is 0. The Hall–Kier alpha value is -1.08. The van der Waals surface area contributed by atoms with Gasteiger partial charge >= 0.3 is 0 Å². The molecule has 4 heteroatoms. The molecule has 0 saturated carbocycles. The number of carbonyl (C=O) groups is 1. The first kappa shape index (κ1) is 16.0. The van der Waals surface area contributed by atoms with Crippen LogP contribution in [0.2, 0.25) is 0 Å². The van der Waals surface area contributed by atoms with Crippen molar-refractivity contribution in [1.82, 2.24) is 0 Å². The molecule has 0 saturated heterocycles. The molecule has 1 rings (SSSR count). The molecule has 0 unspecified atom stereocenters. The molecule has 3 nitrogen and oxygen atoms in total. The van der Waals surface area contributed by atoms with Crippen LogP contribution in [0.4, 0.5) is 0 Å². The van der Waals surface area contributed by atoms with Gasteiger partial charge in [-0.05, 0) is 43.9 Å². The molecule has 0 aliphatic rings. The third-order valence-electron chi connectivity index (χ3n) is 2.48. The van der Waals surface area contributed by atoms with Gasteiger partial charge < -0.3 is 9.26 Å². The number of ether oxygens (including phenoxy) is 1. The van der Waals surface area contributed by atoms with Gasteiger partial charge in [-0.1, -0.05) is 20.8 Å². The van der Waals surface area contributed by atoms with Crippen LogP contribution in [0.3, 0.4) is 0 Å². The van der Waals surface area contributed by atoms with Crippen molar-refractivity contribution in [2.24, 2.45) is 0 Å². The van der Waals surface area contributed by atoms with Crippen molar-refractivity contribution in [2.75, 3.05) is 19.9 Å². The van der Waals surface area contributed by atoms with Gasteiger partial charge in [0.2, 0.25) is 0 Å². The van der Waals surface area contributed by atoms with Gasteiger partial charge in [-0.15, -0.1) is 0 Å². The van der Waals surface area contributed by atoms with Crippen molar-refractivity contribution in [2.45, 2.75) is 33.1 Å². The lowest BCUT2D eigenvalue weighted by atomic mass is 9.86. The van der Waals surface area contributed by atoms with E-state index in [2.05, 4.69) is 34.1 Å². The maximum Gasteiger partial charge on any atom is 0.167 e. The second-order valence-corrected chi connectivity index (χ2v) is 7.61. The number of hydrogen-bond acceptors (Lipinski definition) is 3. The van der Waals surface area contributed by atoms with Crippen LogP contribution >= 0.6 is 8.15 Å². The zero-order valence-electron chi connectivity index (χ0n) is 12.6. The van der Waals surface area contributed by atoms with Gasteiger partial charge in [-0.2, -0.15) is 0 Å². The van der Waals surface area contributed by atoms with E-state index in [9.17, 15) is 4.79 Å². The second-order valence-electron chi connectivity index (χ2n) is 5.80. The van der Waals surface area contributed by atoms with Crippen molar-refractivity contribution in [3.8, 4) is 11.5 Å². The van der Waals surface area contributed by atoms with E-state index in [1.165, 1.54) is 6.92 Å². The van der Waals surface area contributed by atoms with E-state index < -0.39 is 8.15 Å². The van der Waals surface area contributed by atoms with Gasteiger partial charge in [0, 0.05) is 5.56 Å². The van der Waals surface area contributed by atoms with E-state index >= 15 is 0 Å². The maximum atomic E-state index is 11.0. The van der Waals surface area contributed by atoms with E-state index in [4.69, 9.17) is 9.26 Å². The Morgan fingerprint density at radius 2 is 1.89 bits per heavy atom. The number of benzene rings is 1. The Bertz CT molecular complexity index is 447. The van der Waals surface area contributed by atoms with Crippen molar-refractivity contribution < 1.29 is 14.1 Å². The van der Waals surface area contributed by atoms with Crippen LogP contribution in [-0.2, 0) is 10.2 Å². The Kier molecular flexibility index (Phi) is 5.37. The summed E-state index contributed by atoms with van der Waals surface area (Å²) >= 11 is 0. The molecular weight excluding hydrogens is 259 g/mol. The van der Waals surface area contributed by atoms with Gasteiger partial charge in [-0.3, -0.25) is 4.79 Å². The highest BCUT2D eigenvalue weighted by atomic mass is 31.1. The van der Waals surface area contributed by atoms with E-state index in [0.717, 1.165) is 11.3 Å². The van der Waals surface area contributed by atoms with Gasteiger partial charge in [0.05, 0.1) is 8.15 Å². The standard InChI is InChI=1S/C15H23O3P/c1-11(16)10-17-12-7-8-14(18-19(5)6)13(9-12)15(2,3)4/h7-9H,10H2,1-6H3. The highest BCUT2D eigenvalue weighted by Gasteiger charge is 2.20. The summed E-state index contributed by atoms with van der Waals surface area (Å²) in [6.45, 7) is 12.2. The van der Waals surface area contributed by atoms with Crippen LogP contribution in [0.25, 0.3) is 0 Å². The predicted octanol–water partition coefficient (Wildman–Crippen LogP) is 3.99. The number of hydrogen-bond donors (Lipinski definition) is 0. The highest BCUT2D eigenvalue weighted by Crippen LogP contribution is 2.39. The van der Waals surface area contributed by atoms with Gasteiger partial charge in [-0.25, -0.2) is 0 Å². The van der Waals surface area contributed by atoms with Crippen molar-refractivity contribution >= 4 is 13.9 Å². The molecule has 0 atom stereocenters. The van der Waals surface area contributed by atoms with Gasteiger partial charge in [0.25, 0.3) is 0 Å². The van der Waals surface area contributed by atoms with Crippen molar-refractivity contribution in [3.63, 3.8) is 0 Å². The van der Waals surface area contributed by atoms with Gasteiger partial charge in [0.1, 0.15) is 18.1 Å². The first-order valence-corrected chi connectivity index (χ1v) is 8.47. The third-order valence-corrected chi connectivity index (χ3v) is 3.04. The summed E-state index contributed by atoms with van der Waals surface area (Å²) in [7, 11) is -0.463. The van der Waals surface area contributed by atoms with Crippen molar-refractivity contribution in [3.05, 3.63) is 23.8 Å². The van der Waals surface area contributed by atoms with Crippen molar-refractivity contribution in [1.29, 1.82) is 0 Å². The number of ketones is 1. The monoisotopic (exact) mass is 282 g/mol. The predicted molar refractivity (Wildman–Crippen MR) is 80.7 cm³/mol. The normalized spacial score (nSPS) is 11.5. The Balaban J connectivity index is 3.05. The smallest absolute Gasteiger partial charge is 0.167 e. The molecule has 0 aromatic heterocycles. The largest absolute Gasteiger partial charge is 0.486 e. The number of rotatable bonds is 5. The summed E-state index contributed by atoms with van der Waals surface area (Å²) in [5.74, 6) is 1.63. The minimum absolute atomic E-state index is 0.0169. The zero-order valence-corrected chi connectivity index (χ0v) is 13.5. The first-order chi connectivity index (χ1) is 8.70. The molecule has 1 aromatic rings. The lowest BCUT2D eigenvalue weighted by molar-refractivity contribution is -0.118. The molecule has 0 heterocycles. The molecule has 0 aliphatic carbocycles. The average molecular weight is 282 g/mol. The maximum absolute atomic E-state index is 11.0. The Morgan fingerprint density at radius 1 is 1.26 bits per heavy atom. The first-order valence-electron chi connectivity index (χ1n) is 6.32. The fraction of sp³-hybridized carbons (Fsp3) is 0.533. The quantitative estimate of drug-likeness (QED) is 0.766. The zero-order chi connectivity index (χ0) is 14.6. The topological polar surface area (TPSA) is 35.5 Å². The summed E-state index contributed by atoms with van der Waals surface area (Å²) in [5, 5.41) is 0. The van der Waals surface area contributed by atoms with Crippen LogP contribution in [-0.4, -0.2) is 25.7 Å². The van der Waals surface area contributed by atoms with Crippen LogP contribution in [0.5, 0.6) is 11.5 Å². The minimum Gasteiger partial charge on any atom is -0.486 e. The molecular formula is C15H23O3P. The Morgan fingerprint density at radius 3 is 2.37 bits per heavy atom. The van der Waals surface area contributed by atoms with Gasteiger partial charge in [0.15, 0.2) is 5.78 Å². The summed E-state index contributed by atoms with van der Waals surface area (Å²) in [5.41, 5.74) is 1.07. The molecule has 1 aromatic carbocycles. The lowest BCUT2D eigenvalue weighted by Gasteiger charge is -2.24. The van der Waals surface area contributed by atoms with Crippen LogP contribution < -0.4 is 9.26 Å². The number of carbonyl (C=O) groups excluding carboxylic acids is 1. The van der Waals surface area contributed by atoms with Crippen LogP contribution in [0, 0.1) is 0 Å². The van der Waals surface area contributed by atoms with E-state index in [0.29, 0.717) is 5.75 Å². The van der Waals surface area contributed by atoms with E-state index in [-0.39, 0.29) is 17.8 Å². The third kappa shape index (κ3) is 5.20. The molecule has 0 radical (unpaired) electrons. The molecule has 19 heavy (non-hydrogen) atoms. The minimum atomic E-state index is -0.463.